The maximum atomic E-state index is 12.2. The van der Waals surface area contributed by atoms with Crippen LogP contribution in [0.2, 0.25) is 5.02 Å². The molecular formula is C24H22ClNO3S. The van der Waals surface area contributed by atoms with Crippen LogP contribution in [-0.4, -0.2) is 18.5 Å². The minimum Gasteiger partial charge on any atom is -0.452 e. The number of esters is 1. The molecule has 0 radical (unpaired) electrons. The molecule has 0 saturated carbocycles. The Bertz CT molecular complexity index is 976. The zero-order valence-corrected chi connectivity index (χ0v) is 18.1. The van der Waals surface area contributed by atoms with Crippen molar-refractivity contribution in [1.29, 1.82) is 0 Å². The molecule has 30 heavy (non-hydrogen) atoms. The van der Waals surface area contributed by atoms with Gasteiger partial charge in [0.1, 0.15) is 0 Å². The molecule has 6 heteroatoms. The lowest BCUT2D eigenvalue weighted by Crippen LogP contribution is -2.31. The van der Waals surface area contributed by atoms with Gasteiger partial charge < -0.3 is 10.1 Å². The predicted octanol–water partition coefficient (Wildman–Crippen LogP) is 5.67. The maximum absolute atomic E-state index is 12.2. The summed E-state index contributed by atoms with van der Waals surface area (Å²) in [6.45, 7) is 1.57. The number of amides is 1. The quantitative estimate of drug-likeness (QED) is 0.363. The smallest absolute Gasteiger partial charge is 0.338 e. The molecule has 0 bridgehead atoms. The molecule has 0 aliphatic heterocycles. The van der Waals surface area contributed by atoms with Crippen LogP contribution < -0.4 is 5.32 Å². The lowest BCUT2D eigenvalue weighted by atomic mass is 10.1. The molecule has 1 unspecified atom stereocenters. The molecule has 0 aliphatic rings. The van der Waals surface area contributed by atoms with Crippen molar-refractivity contribution < 1.29 is 14.3 Å². The first kappa shape index (κ1) is 21.9. The number of nitrogens with one attached hydrogen (secondary N) is 1. The predicted molar refractivity (Wildman–Crippen MR) is 121 cm³/mol. The molecule has 0 aromatic heterocycles. The number of carbonyl (C=O) groups excluding carboxylic acids is 2. The van der Waals surface area contributed by atoms with Crippen LogP contribution in [0.15, 0.2) is 83.8 Å². The second-order valence-electron chi connectivity index (χ2n) is 6.72. The van der Waals surface area contributed by atoms with Gasteiger partial charge in [-0.25, -0.2) is 4.79 Å². The van der Waals surface area contributed by atoms with Crippen LogP contribution in [0, 0.1) is 0 Å². The Hall–Kier alpha value is -2.76. The second kappa shape index (κ2) is 10.9. The van der Waals surface area contributed by atoms with E-state index in [9.17, 15) is 9.59 Å². The van der Waals surface area contributed by atoms with Gasteiger partial charge in [0.15, 0.2) is 6.61 Å². The molecule has 0 aliphatic carbocycles. The largest absolute Gasteiger partial charge is 0.452 e. The molecule has 1 amide bonds. The molecule has 0 saturated heterocycles. The van der Waals surface area contributed by atoms with Crippen molar-refractivity contribution in [3.05, 3.63) is 101 Å². The fraction of sp³-hybridized carbons (Fsp3) is 0.167. The third-order valence-corrected chi connectivity index (χ3v) is 5.76. The minimum atomic E-state index is -0.519. The number of carbonyl (C=O) groups is 2. The molecule has 4 nitrogen and oxygen atoms in total. The zero-order valence-electron chi connectivity index (χ0n) is 16.5. The molecule has 3 aromatic rings. The van der Waals surface area contributed by atoms with E-state index in [4.69, 9.17) is 16.3 Å². The molecule has 0 heterocycles. The summed E-state index contributed by atoms with van der Waals surface area (Å²) in [7, 11) is 0. The number of thioether (sulfide) groups is 1. The van der Waals surface area contributed by atoms with Crippen LogP contribution in [0.25, 0.3) is 0 Å². The van der Waals surface area contributed by atoms with Crippen molar-refractivity contribution in [3.8, 4) is 0 Å². The van der Waals surface area contributed by atoms with Crippen molar-refractivity contribution >= 4 is 35.2 Å². The molecule has 0 spiro atoms. The van der Waals surface area contributed by atoms with Gasteiger partial charge in [0.25, 0.3) is 5.91 Å². The zero-order chi connectivity index (χ0) is 21.3. The molecule has 3 aromatic carbocycles. The molecular weight excluding hydrogens is 418 g/mol. The number of ether oxygens (including phenoxy) is 1. The monoisotopic (exact) mass is 439 g/mol. The fourth-order valence-corrected chi connectivity index (χ4v) is 3.74. The Labute approximate surface area is 185 Å². The van der Waals surface area contributed by atoms with Gasteiger partial charge in [-0.1, -0.05) is 54.1 Å². The Morgan fingerprint density at radius 3 is 2.30 bits per heavy atom. The Morgan fingerprint density at radius 1 is 0.967 bits per heavy atom. The van der Waals surface area contributed by atoms with Gasteiger partial charge in [-0.3, -0.25) is 4.79 Å². The highest BCUT2D eigenvalue weighted by atomic mass is 35.5. The second-order valence-corrected chi connectivity index (χ2v) is 8.20. The molecule has 0 fully saturated rings. The third-order valence-electron chi connectivity index (χ3n) is 4.42. The first-order valence-corrected chi connectivity index (χ1v) is 10.9. The molecule has 3 rings (SSSR count). The van der Waals surface area contributed by atoms with E-state index < -0.39 is 5.97 Å². The topological polar surface area (TPSA) is 55.4 Å². The highest BCUT2D eigenvalue weighted by molar-refractivity contribution is 7.98. The SMILES string of the molecule is CC(NC(=O)COC(=O)c1ccc(CSc2ccc(Cl)cc2)cc1)c1ccccc1. The van der Waals surface area contributed by atoms with E-state index in [-0.39, 0.29) is 18.6 Å². The third kappa shape index (κ3) is 6.65. The number of halogens is 1. The summed E-state index contributed by atoms with van der Waals surface area (Å²) in [6.07, 6.45) is 0. The van der Waals surface area contributed by atoms with Gasteiger partial charge in [-0.2, -0.15) is 0 Å². The summed E-state index contributed by atoms with van der Waals surface area (Å²) in [6, 6.07) is 24.3. The van der Waals surface area contributed by atoms with Gasteiger partial charge in [-0.15, -0.1) is 11.8 Å². The standard InChI is InChI=1S/C24H22ClNO3S/c1-17(19-5-3-2-4-6-19)26-23(27)15-29-24(28)20-9-7-18(8-10-20)16-30-22-13-11-21(25)12-14-22/h2-14,17H,15-16H2,1H3,(H,26,27). The number of rotatable bonds is 8. The van der Waals surface area contributed by atoms with E-state index in [0.717, 1.165) is 21.8 Å². The number of benzene rings is 3. The van der Waals surface area contributed by atoms with E-state index in [1.165, 1.54) is 0 Å². The summed E-state index contributed by atoms with van der Waals surface area (Å²) in [5, 5.41) is 3.53. The first-order chi connectivity index (χ1) is 14.5. The summed E-state index contributed by atoms with van der Waals surface area (Å²) >= 11 is 7.58. The van der Waals surface area contributed by atoms with Crippen LogP contribution in [0.3, 0.4) is 0 Å². The van der Waals surface area contributed by atoms with Crippen LogP contribution in [0.4, 0.5) is 0 Å². The summed E-state index contributed by atoms with van der Waals surface area (Å²) in [5.74, 6) is -0.0818. The Balaban J connectivity index is 1.44. The minimum absolute atomic E-state index is 0.158. The first-order valence-electron chi connectivity index (χ1n) is 9.50. The lowest BCUT2D eigenvalue weighted by molar-refractivity contribution is -0.124. The van der Waals surface area contributed by atoms with Crippen LogP contribution in [-0.2, 0) is 15.3 Å². The average Bonchev–Trinajstić information content (AvgIpc) is 2.78. The van der Waals surface area contributed by atoms with Gasteiger partial charge in [0.05, 0.1) is 11.6 Å². The van der Waals surface area contributed by atoms with Crippen molar-refractivity contribution in [2.75, 3.05) is 6.61 Å². The fourth-order valence-electron chi connectivity index (χ4n) is 2.76. The van der Waals surface area contributed by atoms with E-state index in [0.29, 0.717) is 10.6 Å². The summed E-state index contributed by atoms with van der Waals surface area (Å²) in [4.78, 5) is 25.4. The van der Waals surface area contributed by atoms with Gasteiger partial charge >= 0.3 is 5.97 Å². The van der Waals surface area contributed by atoms with E-state index in [1.54, 1.807) is 23.9 Å². The summed E-state index contributed by atoms with van der Waals surface area (Å²) in [5.41, 5.74) is 2.49. The number of hydrogen-bond acceptors (Lipinski definition) is 4. The van der Waals surface area contributed by atoms with Crippen molar-refractivity contribution in [2.45, 2.75) is 23.6 Å². The normalized spacial score (nSPS) is 11.5. The average molecular weight is 440 g/mol. The highest BCUT2D eigenvalue weighted by Gasteiger charge is 2.13. The van der Waals surface area contributed by atoms with Gasteiger partial charge in [0, 0.05) is 15.7 Å². The Morgan fingerprint density at radius 2 is 1.63 bits per heavy atom. The van der Waals surface area contributed by atoms with Crippen LogP contribution in [0.1, 0.15) is 34.5 Å². The Kier molecular flexibility index (Phi) is 7.94. The molecule has 154 valence electrons. The maximum Gasteiger partial charge on any atom is 0.338 e. The van der Waals surface area contributed by atoms with E-state index in [2.05, 4.69) is 5.32 Å². The molecule has 1 N–H and O–H groups in total. The van der Waals surface area contributed by atoms with Crippen LogP contribution >= 0.6 is 23.4 Å². The lowest BCUT2D eigenvalue weighted by Gasteiger charge is -2.14. The molecule has 1 atom stereocenters. The van der Waals surface area contributed by atoms with E-state index >= 15 is 0 Å². The van der Waals surface area contributed by atoms with E-state index in [1.807, 2.05) is 73.7 Å². The van der Waals surface area contributed by atoms with Gasteiger partial charge in [-0.05, 0) is 54.4 Å². The number of hydrogen-bond donors (Lipinski definition) is 1. The highest BCUT2D eigenvalue weighted by Crippen LogP contribution is 2.24. The van der Waals surface area contributed by atoms with Gasteiger partial charge in [0.2, 0.25) is 0 Å². The van der Waals surface area contributed by atoms with Crippen molar-refractivity contribution in [3.63, 3.8) is 0 Å². The van der Waals surface area contributed by atoms with Crippen LogP contribution in [0.5, 0.6) is 0 Å². The summed E-state index contributed by atoms with van der Waals surface area (Å²) < 4.78 is 5.14. The van der Waals surface area contributed by atoms with Crippen molar-refractivity contribution in [2.24, 2.45) is 0 Å². The van der Waals surface area contributed by atoms with Crippen molar-refractivity contribution in [1.82, 2.24) is 5.32 Å².